The maximum absolute atomic E-state index is 14.3. The van der Waals surface area contributed by atoms with Gasteiger partial charge in [-0.25, -0.2) is 14.4 Å². The normalized spacial score (nSPS) is 13.7. The first-order valence-electron chi connectivity index (χ1n) is 8.97. The Bertz CT molecular complexity index is 918. The molecule has 3 heterocycles. The number of imidazole rings is 1. The Morgan fingerprint density at radius 2 is 2.04 bits per heavy atom. The van der Waals surface area contributed by atoms with Gasteiger partial charge < -0.3 is 14.8 Å². The molecule has 3 aromatic rings. The molecule has 2 aromatic heterocycles. The first-order valence-corrected chi connectivity index (χ1v) is 8.97. The molecule has 27 heavy (non-hydrogen) atoms. The van der Waals surface area contributed by atoms with E-state index >= 15 is 0 Å². The van der Waals surface area contributed by atoms with Crippen molar-refractivity contribution >= 4 is 11.7 Å². The standard InChI is InChI=1S/C20H20FN5O/c21-17-11-15(3-5-18(17)26-10-7-22-14-26)12-24-20(27)16-4-6-19(23-13-16)25-8-1-2-9-25/h3-7,10-11,13-14H,1-2,8-9,12H2,(H,24,27). The van der Waals surface area contributed by atoms with Gasteiger partial charge in [0.15, 0.2) is 0 Å². The van der Waals surface area contributed by atoms with E-state index in [9.17, 15) is 9.18 Å². The molecule has 1 amide bonds. The number of carbonyl (C=O) groups excluding carboxylic acids is 1. The van der Waals surface area contributed by atoms with Crippen molar-refractivity contribution in [3.8, 4) is 5.69 Å². The van der Waals surface area contributed by atoms with Gasteiger partial charge >= 0.3 is 0 Å². The molecule has 1 fully saturated rings. The Kier molecular flexibility index (Phi) is 4.82. The first kappa shape index (κ1) is 17.2. The van der Waals surface area contributed by atoms with Crippen LogP contribution in [0.3, 0.4) is 0 Å². The molecule has 0 saturated carbocycles. The Morgan fingerprint density at radius 3 is 2.70 bits per heavy atom. The maximum atomic E-state index is 14.3. The van der Waals surface area contributed by atoms with Crippen LogP contribution in [0, 0.1) is 5.82 Å². The average molecular weight is 365 g/mol. The highest BCUT2D eigenvalue weighted by atomic mass is 19.1. The van der Waals surface area contributed by atoms with Crippen LogP contribution >= 0.6 is 0 Å². The minimum atomic E-state index is -0.364. The van der Waals surface area contributed by atoms with E-state index < -0.39 is 0 Å². The second kappa shape index (κ2) is 7.57. The fourth-order valence-electron chi connectivity index (χ4n) is 3.21. The van der Waals surface area contributed by atoms with Crippen LogP contribution in [-0.4, -0.2) is 33.5 Å². The molecule has 7 heteroatoms. The predicted molar refractivity (Wildman–Crippen MR) is 100 cm³/mol. The quantitative estimate of drug-likeness (QED) is 0.755. The summed E-state index contributed by atoms with van der Waals surface area (Å²) in [6.07, 6.45) is 8.76. The smallest absolute Gasteiger partial charge is 0.253 e. The van der Waals surface area contributed by atoms with Gasteiger partial charge in [0.1, 0.15) is 11.6 Å². The fraction of sp³-hybridized carbons (Fsp3) is 0.250. The summed E-state index contributed by atoms with van der Waals surface area (Å²) in [5.41, 5.74) is 1.60. The lowest BCUT2D eigenvalue weighted by molar-refractivity contribution is 0.0950. The second-order valence-corrected chi connectivity index (χ2v) is 6.54. The highest BCUT2D eigenvalue weighted by Gasteiger charge is 2.14. The molecule has 4 rings (SSSR count). The largest absolute Gasteiger partial charge is 0.357 e. The summed E-state index contributed by atoms with van der Waals surface area (Å²) in [4.78, 5) is 22.8. The van der Waals surface area contributed by atoms with Gasteiger partial charge in [0, 0.05) is 38.2 Å². The van der Waals surface area contributed by atoms with E-state index in [1.165, 1.54) is 18.9 Å². The van der Waals surface area contributed by atoms with Gasteiger partial charge in [-0.3, -0.25) is 4.79 Å². The van der Waals surface area contributed by atoms with Crippen LogP contribution in [0.4, 0.5) is 10.2 Å². The highest BCUT2D eigenvalue weighted by molar-refractivity contribution is 5.94. The fourth-order valence-corrected chi connectivity index (χ4v) is 3.21. The molecule has 1 aliphatic heterocycles. The molecule has 1 aliphatic rings. The summed E-state index contributed by atoms with van der Waals surface area (Å²) in [6.45, 7) is 2.27. The van der Waals surface area contributed by atoms with Crippen molar-refractivity contribution in [2.24, 2.45) is 0 Å². The van der Waals surface area contributed by atoms with Crippen molar-refractivity contribution in [1.29, 1.82) is 0 Å². The highest BCUT2D eigenvalue weighted by Crippen LogP contribution is 2.18. The topological polar surface area (TPSA) is 63.1 Å². The van der Waals surface area contributed by atoms with E-state index in [1.54, 1.807) is 47.7 Å². The van der Waals surface area contributed by atoms with Crippen LogP contribution in [0.15, 0.2) is 55.2 Å². The maximum Gasteiger partial charge on any atom is 0.253 e. The molecule has 0 aliphatic carbocycles. The van der Waals surface area contributed by atoms with Crippen molar-refractivity contribution in [2.75, 3.05) is 18.0 Å². The van der Waals surface area contributed by atoms with E-state index in [0.29, 0.717) is 16.8 Å². The van der Waals surface area contributed by atoms with Gasteiger partial charge in [-0.2, -0.15) is 0 Å². The molecule has 0 unspecified atom stereocenters. The van der Waals surface area contributed by atoms with E-state index in [4.69, 9.17) is 0 Å². The van der Waals surface area contributed by atoms with Gasteiger partial charge in [0.05, 0.1) is 17.6 Å². The number of nitrogens with one attached hydrogen (secondary N) is 1. The molecule has 0 spiro atoms. The van der Waals surface area contributed by atoms with Gasteiger partial charge in [-0.05, 0) is 42.7 Å². The zero-order valence-electron chi connectivity index (χ0n) is 14.8. The summed E-state index contributed by atoms with van der Waals surface area (Å²) >= 11 is 0. The number of carbonyl (C=O) groups is 1. The van der Waals surface area contributed by atoms with Gasteiger partial charge in [-0.15, -0.1) is 0 Å². The van der Waals surface area contributed by atoms with Crippen LogP contribution < -0.4 is 10.2 Å². The summed E-state index contributed by atoms with van der Waals surface area (Å²) in [5, 5.41) is 2.81. The van der Waals surface area contributed by atoms with Crippen LogP contribution in [0.25, 0.3) is 5.69 Å². The zero-order valence-corrected chi connectivity index (χ0v) is 14.8. The Morgan fingerprint density at radius 1 is 1.19 bits per heavy atom. The third-order valence-electron chi connectivity index (χ3n) is 4.69. The number of aromatic nitrogens is 3. The number of hydrogen-bond donors (Lipinski definition) is 1. The molecule has 6 nitrogen and oxygen atoms in total. The van der Waals surface area contributed by atoms with Gasteiger partial charge in [0.25, 0.3) is 5.91 Å². The Balaban J connectivity index is 1.38. The summed E-state index contributed by atoms with van der Waals surface area (Å²) in [5.74, 6) is 0.312. The molecule has 138 valence electrons. The third-order valence-corrected chi connectivity index (χ3v) is 4.69. The molecule has 0 atom stereocenters. The van der Waals surface area contributed by atoms with Crippen molar-refractivity contribution < 1.29 is 9.18 Å². The van der Waals surface area contributed by atoms with E-state index in [2.05, 4.69) is 20.2 Å². The molecule has 1 N–H and O–H groups in total. The summed E-state index contributed by atoms with van der Waals surface area (Å²) in [7, 11) is 0. The number of anilines is 1. The van der Waals surface area contributed by atoms with Crippen molar-refractivity contribution in [3.63, 3.8) is 0 Å². The number of rotatable bonds is 5. The number of hydrogen-bond acceptors (Lipinski definition) is 4. The lowest BCUT2D eigenvalue weighted by atomic mass is 10.2. The Labute approximate surface area is 156 Å². The summed E-state index contributed by atoms with van der Waals surface area (Å²) in [6, 6.07) is 8.53. The molecule has 0 radical (unpaired) electrons. The van der Waals surface area contributed by atoms with E-state index in [-0.39, 0.29) is 18.3 Å². The number of benzene rings is 1. The monoisotopic (exact) mass is 365 g/mol. The van der Waals surface area contributed by atoms with Gasteiger partial charge in [0.2, 0.25) is 0 Å². The lowest BCUT2D eigenvalue weighted by Crippen LogP contribution is -2.24. The lowest BCUT2D eigenvalue weighted by Gasteiger charge is -2.16. The van der Waals surface area contributed by atoms with Crippen LogP contribution in [0.2, 0.25) is 0 Å². The number of amides is 1. The van der Waals surface area contributed by atoms with Crippen molar-refractivity contribution in [3.05, 3.63) is 72.2 Å². The summed E-state index contributed by atoms with van der Waals surface area (Å²) < 4.78 is 15.9. The van der Waals surface area contributed by atoms with E-state index in [0.717, 1.165) is 18.9 Å². The minimum Gasteiger partial charge on any atom is -0.357 e. The van der Waals surface area contributed by atoms with Crippen LogP contribution in [-0.2, 0) is 6.54 Å². The third kappa shape index (κ3) is 3.81. The molecule has 1 aromatic carbocycles. The molecule has 0 bridgehead atoms. The average Bonchev–Trinajstić information content (AvgIpc) is 3.40. The molecular formula is C20H20FN5O. The van der Waals surface area contributed by atoms with Crippen molar-refractivity contribution in [2.45, 2.75) is 19.4 Å². The van der Waals surface area contributed by atoms with Crippen molar-refractivity contribution in [1.82, 2.24) is 19.9 Å². The zero-order chi connectivity index (χ0) is 18.6. The van der Waals surface area contributed by atoms with Crippen LogP contribution in [0.1, 0.15) is 28.8 Å². The van der Waals surface area contributed by atoms with Gasteiger partial charge in [-0.1, -0.05) is 6.07 Å². The minimum absolute atomic E-state index is 0.227. The number of nitrogens with zero attached hydrogens (tertiary/aromatic N) is 4. The first-order chi connectivity index (χ1) is 13.2. The molecular weight excluding hydrogens is 345 g/mol. The van der Waals surface area contributed by atoms with E-state index in [1.807, 2.05) is 6.07 Å². The predicted octanol–water partition coefficient (Wildman–Crippen LogP) is 2.94. The SMILES string of the molecule is O=C(NCc1ccc(-n2ccnc2)c(F)c1)c1ccc(N2CCCC2)nc1. The Hall–Kier alpha value is -3.22. The molecule has 1 saturated heterocycles. The second-order valence-electron chi connectivity index (χ2n) is 6.54. The number of halogens is 1. The van der Waals surface area contributed by atoms with Crippen LogP contribution in [0.5, 0.6) is 0 Å². The number of pyridine rings is 1.